The summed E-state index contributed by atoms with van der Waals surface area (Å²) in [6.07, 6.45) is 6.10. The molecule has 2 amide bonds. The first-order chi connectivity index (χ1) is 12.0. The molecule has 1 atom stereocenters. The molecule has 1 aliphatic carbocycles. The lowest BCUT2D eigenvalue weighted by atomic mass is 9.94. The topological polar surface area (TPSA) is 53.9 Å². The zero-order valence-electron chi connectivity index (χ0n) is 15.8. The van der Waals surface area contributed by atoms with Crippen molar-refractivity contribution in [2.24, 2.45) is 0 Å². The molecule has 1 saturated carbocycles. The van der Waals surface area contributed by atoms with E-state index in [1.807, 2.05) is 24.3 Å². The summed E-state index contributed by atoms with van der Waals surface area (Å²) in [5, 5.41) is 2.62. The lowest BCUT2D eigenvalue weighted by molar-refractivity contribution is -0.885. The average Bonchev–Trinajstić information content (AvgIpc) is 2.63. The van der Waals surface area contributed by atoms with Gasteiger partial charge in [0, 0.05) is 30.8 Å². The third-order valence-corrected chi connectivity index (χ3v) is 5.08. The van der Waals surface area contributed by atoms with Gasteiger partial charge in [-0.25, -0.2) is 0 Å². The molecule has 0 spiro atoms. The van der Waals surface area contributed by atoms with Gasteiger partial charge in [0.1, 0.15) is 6.54 Å². The van der Waals surface area contributed by atoms with Gasteiger partial charge in [-0.15, -0.1) is 0 Å². The quantitative estimate of drug-likeness (QED) is 0.781. The second kappa shape index (κ2) is 9.56. The highest BCUT2D eigenvalue weighted by molar-refractivity contribution is 5.93. The van der Waals surface area contributed by atoms with Crippen LogP contribution in [-0.2, 0) is 11.3 Å². The van der Waals surface area contributed by atoms with Crippen LogP contribution in [0.25, 0.3) is 0 Å². The second-order valence-electron chi connectivity index (χ2n) is 7.06. The summed E-state index contributed by atoms with van der Waals surface area (Å²) < 4.78 is 0. The second-order valence-corrected chi connectivity index (χ2v) is 7.06. The van der Waals surface area contributed by atoms with E-state index in [-0.39, 0.29) is 11.8 Å². The number of carbonyl (C=O) groups excluding carboxylic acids is 2. The van der Waals surface area contributed by atoms with Crippen LogP contribution in [0, 0.1) is 0 Å². The lowest BCUT2D eigenvalue weighted by Crippen LogP contribution is -3.09. The zero-order chi connectivity index (χ0) is 18.2. The van der Waals surface area contributed by atoms with Crippen LogP contribution in [0.1, 0.15) is 54.9 Å². The van der Waals surface area contributed by atoms with Crippen LogP contribution in [0.4, 0.5) is 0 Å². The van der Waals surface area contributed by atoms with Crippen LogP contribution in [0.3, 0.4) is 0 Å². The van der Waals surface area contributed by atoms with E-state index in [4.69, 9.17) is 0 Å². The first kappa shape index (κ1) is 19.4. The molecule has 1 aromatic rings. The molecule has 1 unspecified atom stereocenters. The number of quaternary nitrogens is 1. The van der Waals surface area contributed by atoms with Crippen molar-refractivity contribution in [2.75, 3.05) is 27.2 Å². The van der Waals surface area contributed by atoms with Gasteiger partial charge in [0.2, 0.25) is 0 Å². The fourth-order valence-corrected chi connectivity index (χ4v) is 3.72. The number of nitrogens with one attached hydrogen (secondary N) is 2. The van der Waals surface area contributed by atoms with Crippen LogP contribution < -0.4 is 10.2 Å². The molecule has 2 rings (SSSR count). The largest absolute Gasteiger partial charge is 0.355 e. The van der Waals surface area contributed by atoms with E-state index >= 15 is 0 Å². The molecule has 2 N–H and O–H groups in total. The molecule has 25 heavy (non-hydrogen) atoms. The summed E-state index contributed by atoms with van der Waals surface area (Å²) >= 11 is 0. The number of hydrogen-bond donors (Lipinski definition) is 2. The van der Waals surface area contributed by atoms with Crippen molar-refractivity contribution in [3.05, 3.63) is 35.4 Å². The summed E-state index contributed by atoms with van der Waals surface area (Å²) in [6, 6.07) is 8.05. The molecule has 0 radical (unpaired) electrons. The van der Waals surface area contributed by atoms with Crippen molar-refractivity contribution in [3.63, 3.8) is 0 Å². The summed E-state index contributed by atoms with van der Waals surface area (Å²) in [5.41, 5.74) is 1.80. The van der Waals surface area contributed by atoms with Gasteiger partial charge >= 0.3 is 0 Å². The smallest absolute Gasteiger partial charge is 0.277 e. The lowest BCUT2D eigenvalue weighted by Gasteiger charge is -2.33. The van der Waals surface area contributed by atoms with Gasteiger partial charge in [0.15, 0.2) is 6.54 Å². The number of amides is 2. The Bertz CT molecular complexity index is 565. The van der Waals surface area contributed by atoms with Gasteiger partial charge in [-0.05, 0) is 31.9 Å². The molecule has 1 aromatic carbocycles. The fraction of sp³-hybridized carbons (Fsp3) is 0.600. The molecule has 5 nitrogen and oxygen atoms in total. The van der Waals surface area contributed by atoms with E-state index in [1.165, 1.54) is 24.2 Å². The Labute approximate surface area is 151 Å². The standard InChI is InChI=1S/C20H31N3O2/c1-4-23(18-8-6-5-7-9-18)19(24)15-22(3)14-16-10-12-17(13-11-16)20(25)21-2/h10-13,18H,4-9,14-15H2,1-3H3,(H,21,25)/p+1. The number of rotatable bonds is 7. The van der Waals surface area contributed by atoms with Gasteiger partial charge < -0.3 is 15.1 Å². The SMILES string of the molecule is CCN(C(=O)C[NH+](C)Cc1ccc(C(=O)NC)cc1)C1CCCCC1. The van der Waals surface area contributed by atoms with Gasteiger partial charge in [-0.3, -0.25) is 9.59 Å². The van der Waals surface area contributed by atoms with Crippen LogP contribution >= 0.6 is 0 Å². The van der Waals surface area contributed by atoms with E-state index in [1.54, 1.807) is 7.05 Å². The summed E-state index contributed by atoms with van der Waals surface area (Å²) in [4.78, 5) is 27.5. The third kappa shape index (κ3) is 5.56. The molecule has 0 bridgehead atoms. The zero-order valence-corrected chi connectivity index (χ0v) is 15.8. The Morgan fingerprint density at radius 3 is 2.36 bits per heavy atom. The molecule has 1 fully saturated rings. The molecular weight excluding hydrogens is 314 g/mol. The highest BCUT2D eigenvalue weighted by Gasteiger charge is 2.25. The highest BCUT2D eigenvalue weighted by atomic mass is 16.2. The summed E-state index contributed by atoms with van der Waals surface area (Å²) in [6.45, 7) is 4.18. The Kier molecular flexibility index (Phi) is 7.44. The molecule has 1 aliphatic rings. The highest BCUT2D eigenvalue weighted by Crippen LogP contribution is 2.22. The number of likely N-dealkylation sites (N-methyl/N-ethyl adjacent to an activating group) is 2. The van der Waals surface area contributed by atoms with Crippen molar-refractivity contribution in [3.8, 4) is 0 Å². The number of carbonyl (C=O) groups is 2. The molecule has 5 heteroatoms. The van der Waals surface area contributed by atoms with Gasteiger partial charge in [0.25, 0.3) is 11.8 Å². The predicted molar refractivity (Wildman–Crippen MR) is 99.5 cm³/mol. The molecule has 138 valence electrons. The van der Waals surface area contributed by atoms with E-state index in [2.05, 4.69) is 24.2 Å². The van der Waals surface area contributed by atoms with Crippen LogP contribution in [0.5, 0.6) is 0 Å². The van der Waals surface area contributed by atoms with Crippen molar-refractivity contribution in [1.82, 2.24) is 10.2 Å². The monoisotopic (exact) mass is 346 g/mol. The van der Waals surface area contributed by atoms with Crippen molar-refractivity contribution in [2.45, 2.75) is 51.6 Å². The maximum Gasteiger partial charge on any atom is 0.277 e. The van der Waals surface area contributed by atoms with Crippen LogP contribution in [0.15, 0.2) is 24.3 Å². The van der Waals surface area contributed by atoms with Crippen molar-refractivity contribution in [1.29, 1.82) is 0 Å². The summed E-state index contributed by atoms with van der Waals surface area (Å²) in [5.74, 6) is 0.183. The normalized spacial score (nSPS) is 16.3. The average molecular weight is 346 g/mol. The van der Waals surface area contributed by atoms with E-state index in [0.717, 1.165) is 31.5 Å². The molecule has 0 saturated heterocycles. The summed E-state index contributed by atoms with van der Waals surface area (Å²) in [7, 11) is 3.69. The van der Waals surface area contributed by atoms with Gasteiger partial charge in [-0.1, -0.05) is 31.4 Å². The maximum atomic E-state index is 12.7. The first-order valence-electron chi connectivity index (χ1n) is 9.47. The molecule has 0 heterocycles. The minimum Gasteiger partial charge on any atom is -0.355 e. The Balaban J connectivity index is 1.88. The minimum absolute atomic E-state index is 0.0755. The van der Waals surface area contributed by atoms with Crippen molar-refractivity contribution >= 4 is 11.8 Å². The Morgan fingerprint density at radius 1 is 1.16 bits per heavy atom. The number of hydrogen-bond acceptors (Lipinski definition) is 2. The third-order valence-electron chi connectivity index (χ3n) is 5.08. The van der Waals surface area contributed by atoms with E-state index < -0.39 is 0 Å². The molecule has 0 aromatic heterocycles. The molecular formula is C20H32N3O2+. The van der Waals surface area contributed by atoms with Gasteiger partial charge in [-0.2, -0.15) is 0 Å². The van der Waals surface area contributed by atoms with Crippen molar-refractivity contribution < 1.29 is 14.5 Å². The number of benzene rings is 1. The van der Waals surface area contributed by atoms with Gasteiger partial charge in [0.05, 0.1) is 7.05 Å². The predicted octanol–water partition coefficient (Wildman–Crippen LogP) is 1.24. The maximum absolute atomic E-state index is 12.7. The van der Waals surface area contributed by atoms with Crippen LogP contribution in [-0.4, -0.2) is 49.9 Å². The fourth-order valence-electron chi connectivity index (χ4n) is 3.72. The first-order valence-corrected chi connectivity index (χ1v) is 9.47. The van der Waals surface area contributed by atoms with E-state index in [9.17, 15) is 9.59 Å². The van der Waals surface area contributed by atoms with E-state index in [0.29, 0.717) is 18.2 Å². The Morgan fingerprint density at radius 2 is 1.80 bits per heavy atom. The minimum atomic E-state index is -0.0755. The number of nitrogens with zero attached hydrogens (tertiary/aromatic N) is 1. The Hall–Kier alpha value is -1.88. The molecule has 0 aliphatic heterocycles. The van der Waals surface area contributed by atoms with Crippen LogP contribution in [0.2, 0.25) is 0 Å².